The van der Waals surface area contributed by atoms with Gasteiger partial charge in [-0.25, -0.2) is 9.50 Å². The number of aryl methyl sites for hydroxylation is 3. The molecule has 0 saturated heterocycles. The van der Waals surface area contributed by atoms with Gasteiger partial charge < -0.3 is 9.64 Å². The fourth-order valence-corrected chi connectivity index (χ4v) is 4.36. The first-order chi connectivity index (χ1) is 13.9. The zero-order valence-corrected chi connectivity index (χ0v) is 18.0. The topological polar surface area (TPSA) is 76.8 Å². The molecule has 1 amide bonds. The van der Waals surface area contributed by atoms with Crippen LogP contribution in [0.4, 0.5) is 0 Å². The van der Waals surface area contributed by atoms with Gasteiger partial charge in [0.05, 0.1) is 5.69 Å². The summed E-state index contributed by atoms with van der Waals surface area (Å²) in [5.41, 5.74) is 4.61. The average molecular weight is 401 g/mol. The molecule has 3 rings (SSSR count). The van der Waals surface area contributed by atoms with Gasteiger partial charge in [-0.15, -0.1) is 0 Å². The maximum absolute atomic E-state index is 12.5. The summed E-state index contributed by atoms with van der Waals surface area (Å²) < 4.78 is 7.11. The Balaban J connectivity index is 1.54. The Labute approximate surface area is 172 Å². The third-order valence-electron chi connectivity index (χ3n) is 5.90. The molecule has 0 aliphatic heterocycles. The molecule has 0 spiro atoms. The highest BCUT2D eigenvalue weighted by molar-refractivity contribution is 5.81. The smallest absolute Gasteiger partial charge is 0.306 e. The Morgan fingerprint density at radius 3 is 2.62 bits per heavy atom. The van der Waals surface area contributed by atoms with Crippen LogP contribution in [0.2, 0.25) is 0 Å². The number of carbonyl (C=O) groups excluding carboxylic acids is 2. The molecule has 0 aromatic carbocycles. The van der Waals surface area contributed by atoms with Crippen LogP contribution < -0.4 is 0 Å². The number of esters is 1. The molecule has 7 heteroatoms. The third-order valence-corrected chi connectivity index (χ3v) is 5.90. The van der Waals surface area contributed by atoms with Gasteiger partial charge in [-0.2, -0.15) is 5.10 Å². The monoisotopic (exact) mass is 400 g/mol. The molecular weight excluding hydrogens is 368 g/mol. The van der Waals surface area contributed by atoms with E-state index in [0.717, 1.165) is 41.1 Å². The molecule has 1 aliphatic rings. The number of rotatable bonds is 7. The van der Waals surface area contributed by atoms with Gasteiger partial charge in [0.2, 0.25) is 0 Å². The van der Waals surface area contributed by atoms with Gasteiger partial charge in [0.25, 0.3) is 5.91 Å². The van der Waals surface area contributed by atoms with Crippen molar-refractivity contribution in [3.8, 4) is 0 Å². The lowest BCUT2D eigenvalue weighted by atomic mass is 9.94. The fraction of sp³-hybridized carbons (Fsp3) is 0.636. The normalized spacial score (nSPS) is 14.9. The first-order valence-corrected chi connectivity index (χ1v) is 10.7. The summed E-state index contributed by atoms with van der Waals surface area (Å²) in [6.45, 7) is 8.35. The van der Waals surface area contributed by atoms with Crippen molar-refractivity contribution in [2.75, 3.05) is 13.2 Å². The molecule has 0 N–H and O–H groups in total. The predicted octanol–water partition coefficient (Wildman–Crippen LogP) is 3.31. The minimum atomic E-state index is -0.353. The van der Waals surface area contributed by atoms with E-state index in [1.54, 1.807) is 0 Å². The van der Waals surface area contributed by atoms with Gasteiger partial charge in [-0.1, -0.05) is 19.3 Å². The van der Waals surface area contributed by atoms with Crippen molar-refractivity contribution in [2.24, 2.45) is 0 Å². The molecule has 158 valence electrons. The summed E-state index contributed by atoms with van der Waals surface area (Å²) in [5, 5.41) is 4.46. The van der Waals surface area contributed by atoms with E-state index in [2.05, 4.69) is 10.1 Å². The van der Waals surface area contributed by atoms with Crippen LogP contribution in [0.1, 0.15) is 68.1 Å². The number of amides is 1. The van der Waals surface area contributed by atoms with Crippen LogP contribution in [0, 0.1) is 20.8 Å². The summed E-state index contributed by atoms with van der Waals surface area (Å²) in [7, 11) is 0. The van der Waals surface area contributed by atoms with Crippen LogP contribution in [-0.2, 0) is 20.7 Å². The van der Waals surface area contributed by atoms with E-state index < -0.39 is 0 Å². The molecule has 0 unspecified atom stereocenters. The second-order valence-corrected chi connectivity index (χ2v) is 7.95. The fourth-order valence-electron chi connectivity index (χ4n) is 4.36. The van der Waals surface area contributed by atoms with Crippen LogP contribution in [0.15, 0.2) is 6.07 Å². The Morgan fingerprint density at radius 2 is 1.93 bits per heavy atom. The van der Waals surface area contributed by atoms with Crippen molar-refractivity contribution in [1.29, 1.82) is 0 Å². The van der Waals surface area contributed by atoms with Crippen LogP contribution in [0.3, 0.4) is 0 Å². The molecule has 0 radical (unpaired) electrons. The molecule has 2 heterocycles. The summed E-state index contributed by atoms with van der Waals surface area (Å²) in [6.07, 6.45) is 6.42. The van der Waals surface area contributed by atoms with Crippen molar-refractivity contribution in [3.05, 3.63) is 28.7 Å². The third kappa shape index (κ3) is 4.95. The number of aromatic nitrogens is 3. The number of carbonyl (C=O) groups is 2. The highest BCUT2D eigenvalue weighted by atomic mass is 16.5. The molecule has 1 fully saturated rings. The Morgan fingerprint density at radius 1 is 1.21 bits per heavy atom. The molecule has 2 aromatic rings. The lowest BCUT2D eigenvalue weighted by Gasteiger charge is -2.33. The standard InChI is InChI=1S/C22H32N4O3/c1-5-25(18-9-7-6-8-10-18)21(27)14-29-22(28)12-11-19-16(3)23-20-13-15(2)24-26(20)17(19)4/h13,18H,5-12,14H2,1-4H3. The highest BCUT2D eigenvalue weighted by Gasteiger charge is 2.24. The minimum Gasteiger partial charge on any atom is -0.456 e. The van der Waals surface area contributed by atoms with Crippen molar-refractivity contribution in [3.63, 3.8) is 0 Å². The van der Waals surface area contributed by atoms with E-state index >= 15 is 0 Å². The highest BCUT2D eigenvalue weighted by Crippen LogP contribution is 2.22. The van der Waals surface area contributed by atoms with Gasteiger partial charge >= 0.3 is 5.97 Å². The van der Waals surface area contributed by atoms with Gasteiger partial charge in [0.1, 0.15) is 0 Å². The average Bonchev–Trinajstić information content (AvgIpc) is 3.08. The second kappa shape index (κ2) is 9.37. The van der Waals surface area contributed by atoms with E-state index in [4.69, 9.17) is 4.74 Å². The summed E-state index contributed by atoms with van der Waals surface area (Å²) in [5.74, 6) is -0.441. The molecule has 1 saturated carbocycles. The largest absolute Gasteiger partial charge is 0.456 e. The number of fused-ring (bicyclic) bond motifs is 1. The van der Waals surface area contributed by atoms with Crippen LogP contribution in [0.5, 0.6) is 0 Å². The van der Waals surface area contributed by atoms with Gasteiger partial charge in [-0.05, 0) is 52.5 Å². The summed E-state index contributed by atoms with van der Waals surface area (Å²) in [6, 6.07) is 2.23. The second-order valence-electron chi connectivity index (χ2n) is 7.95. The van der Waals surface area contributed by atoms with Crippen molar-refractivity contribution >= 4 is 17.5 Å². The first-order valence-electron chi connectivity index (χ1n) is 10.7. The zero-order chi connectivity index (χ0) is 21.0. The van der Waals surface area contributed by atoms with E-state index in [1.807, 2.05) is 43.2 Å². The molecule has 1 aliphatic carbocycles. The molecular formula is C22H32N4O3. The molecule has 7 nitrogen and oxygen atoms in total. The first kappa shape index (κ1) is 21.3. The Bertz CT molecular complexity index is 884. The van der Waals surface area contributed by atoms with Crippen LogP contribution in [-0.4, -0.2) is 50.6 Å². The van der Waals surface area contributed by atoms with Gasteiger partial charge in [-0.3, -0.25) is 9.59 Å². The maximum Gasteiger partial charge on any atom is 0.306 e. The summed E-state index contributed by atoms with van der Waals surface area (Å²) >= 11 is 0. The quantitative estimate of drug-likeness (QED) is 0.667. The Kier molecular flexibility index (Phi) is 6.87. The number of hydrogen-bond donors (Lipinski definition) is 0. The molecule has 2 aromatic heterocycles. The summed E-state index contributed by atoms with van der Waals surface area (Å²) in [4.78, 5) is 31.3. The van der Waals surface area contributed by atoms with Gasteiger partial charge in [0, 0.05) is 36.5 Å². The van der Waals surface area contributed by atoms with Crippen LogP contribution >= 0.6 is 0 Å². The lowest BCUT2D eigenvalue weighted by Crippen LogP contribution is -2.43. The Hall–Kier alpha value is -2.44. The number of hydrogen-bond acceptors (Lipinski definition) is 5. The van der Waals surface area contributed by atoms with E-state index in [1.165, 1.54) is 19.3 Å². The number of nitrogens with zero attached hydrogens (tertiary/aromatic N) is 4. The van der Waals surface area contributed by atoms with Crippen molar-refractivity contribution in [1.82, 2.24) is 19.5 Å². The SMILES string of the molecule is CCN(C(=O)COC(=O)CCc1c(C)nc2cc(C)nn2c1C)C1CCCCC1. The minimum absolute atomic E-state index is 0.0878. The molecule has 29 heavy (non-hydrogen) atoms. The zero-order valence-electron chi connectivity index (χ0n) is 18.0. The van der Waals surface area contributed by atoms with E-state index in [-0.39, 0.29) is 24.9 Å². The molecule has 0 atom stereocenters. The number of likely N-dealkylation sites (N-methyl/N-ethyl adjacent to an activating group) is 1. The van der Waals surface area contributed by atoms with Gasteiger partial charge in [0.15, 0.2) is 12.3 Å². The van der Waals surface area contributed by atoms with Crippen LogP contribution in [0.25, 0.3) is 5.65 Å². The molecule has 0 bridgehead atoms. The maximum atomic E-state index is 12.5. The predicted molar refractivity (Wildman–Crippen MR) is 111 cm³/mol. The van der Waals surface area contributed by atoms with E-state index in [9.17, 15) is 9.59 Å². The number of ether oxygens (including phenoxy) is 1. The van der Waals surface area contributed by atoms with Crippen molar-refractivity contribution in [2.45, 2.75) is 78.7 Å². The van der Waals surface area contributed by atoms with Crippen molar-refractivity contribution < 1.29 is 14.3 Å². The van der Waals surface area contributed by atoms with E-state index in [0.29, 0.717) is 19.0 Å². The lowest BCUT2D eigenvalue weighted by molar-refractivity contribution is -0.153.